The summed E-state index contributed by atoms with van der Waals surface area (Å²) in [5, 5.41) is 0. The molecular weight excluding hydrogens is 375 g/mol. The summed E-state index contributed by atoms with van der Waals surface area (Å²) in [6.45, 7) is 20.9. The van der Waals surface area contributed by atoms with E-state index in [0.717, 1.165) is 24.2 Å². The van der Waals surface area contributed by atoms with E-state index in [-0.39, 0.29) is 29.5 Å². The summed E-state index contributed by atoms with van der Waals surface area (Å²) in [5.41, 5.74) is 3.24. The van der Waals surface area contributed by atoms with Crippen LogP contribution in [0.4, 0.5) is 10.1 Å². The molecule has 0 radical (unpaired) electrons. The highest BCUT2D eigenvalue weighted by Crippen LogP contribution is 2.53. The molecule has 0 bridgehead atoms. The van der Waals surface area contributed by atoms with E-state index >= 15 is 0 Å². The number of hydrogen-bond donors (Lipinski definition) is 0. The summed E-state index contributed by atoms with van der Waals surface area (Å²) < 4.78 is 38.8. The van der Waals surface area contributed by atoms with Crippen molar-refractivity contribution in [2.75, 3.05) is 20.1 Å². The van der Waals surface area contributed by atoms with Crippen molar-refractivity contribution in [2.45, 2.75) is 59.7 Å². The van der Waals surface area contributed by atoms with E-state index in [4.69, 9.17) is 14.1 Å². The van der Waals surface area contributed by atoms with Crippen LogP contribution in [0.15, 0.2) is 24.2 Å². The molecule has 3 rings (SSSR count). The van der Waals surface area contributed by atoms with Gasteiger partial charge >= 0.3 is 0 Å². The third-order valence-corrected chi connectivity index (χ3v) is 6.45. The highest BCUT2D eigenvalue weighted by molar-refractivity contribution is 5.61. The Hall–Kier alpha value is -2.22. The smallest absolute Gasteiger partial charge is 0.190 e. The molecule has 0 saturated heterocycles. The van der Waals surface area contributed by atoms with Gasteiger partial charge in [-0.25, -0.2) is 9.24 Å². The third-order valence-electron chi connectivity index (χ3n) is 6.45. The summed E-state index contributed by atoms with van der Waals surface area (Å²) in [6.07, 6.45) is 0.159. The van der Waals surface area contributed by atoms with E-state index < -0.39 is 11.7 Å². The van der Waals surface area contributed by atoms with Crippen molar-refractivity contribution in [2.24, 2.45) is 5.92 Å². The normalized spacial score (nSPS) is 22.5. The fourth-order valence-corrected chi connectivity index (χ4v) is 4.65. The van der Waals surface area contributed by atoms with Gasteiger partial charge in [0.05, 0.1) is 14.0 Å². The highest BCUT2D eigenvalue weighted by atomic mass is 19.1. The molecule has 3 atom stereocenters. The number of nitrogens with zero attached hydrogens (tertiary/aromatic N) is 2. The van der Waals surface area contributed by atoms with Crippen molar-refractivity contribution >= 4 is 5.69 Å². The minimum atomic E-state index is -0.969. The van der Waals surface area contributed by atoms with Crippen LogP contribution in [-0.2, 0) is 10.3 Å². The Morgan fingerprint density at radius 3 is 2.60 bits per heavy atom. The highest BCUT2D eigenvalue weighted by Gasteiger charge is 2.47. The molecule has 30 heavy (non-hydrogen) atoms. The van der Waals surface area contributed by atoms with Crippen molar-refractivity contribution in [3.63, 3.8) is 0 Å². The molecule has 2 aromatic carbocycles. The molecule has 0 spiro atoms. The van der Waals surface area contributed by atoms with E-state index in [1.165, 1.54) is 6.07 Å². The van der Waals surface area contributed by atoms with Crippen LogP contribution in [0.3, 0.4) is 0 Å². The van der Waals surface area contributed by atoms with Gasteiger partial charge in [-0.15, -0.1) is 0 Å². The zero-order valence-electron chi connectivity index (χ0n) is 21.1. The third kappa shape index (κ3) is 3.77. The average Bonchev–Trinajstić information content (AvgIpc) is 3.03. The maximum atomic E-state index is 14.4. The van der Waals surface area contributed by atoms with E-state index in [9.17, 15) is 4.39 Å². The van der Waals surface area contributed by atoms with Gasteiger partial charge < -0.3 is 9.64 Å². The van der Waals surface area contributed by atoms with E-state index in [0.29, 0.717) is 28.7 Å². The molecule has 160 valence electrons. The molecule has 0 N–H and O–H groups in total. The van der Waals surface area contributed by atoms with Crippen LogP contribution in [0.25, 0.3) is 4.85 Å². The summed E-state index contributed by atoms with van der Waals surface area (Å²) >= 11 is 0. The number of fused-ring (bicyclic) bond motifs is 1. The quantitative estimate of drug-likeness (QED) is 0.498. The number of benzene rings is 2. The monoisotopic (exact) mass is 410 g/mol. The Balaban J connectivity index is 2.35. The molecule has 0 aliphatic carbocycles. The fraction of sp³-hybridized carbons (Fsp3) is 0.500. The van der Waals surface area contributed by atoms with E-state index in [2.05, 4.69) is 30.6 Å². The van der Waals surface area contributed by atoms with Gasteiger partial charge in [-0.2, -0.15) is 0 Å². The van der Waals surface area contributed by atoms with Crippen LogP contribution in [0.2, 0.25) is 0 Å². The van der Waals surface area contributed by atoms with Gasteiger partial charge in [0.1, 0.15) is 11.4 Å². The number of hydrogen-bond acceptors (Lipinski definition) is 2. The lowest BCUT2D eigenvalue weighted by Gasteiger charge is -2.36. The van der Waals surface area contributed by atoms with Crippen LogP contribution in [0.5, 0.6) is 0 Å². The summed E-state index contributed by atoms with van der Waals surface area (Å²) in [7, 11) is 2.08. The molecule has 1 aliphatic heterocycles. The molecule has 4 heteroatoms. The maximum absolute atomic E-state index is 14.4. The first-order valence-electron chi connectivity index (χ1n) is 11.6. The van der Waals surface area contributed by atoms with Crippen molar-refractivity contribution < 1.29 is 11.9 Å². The Kier molecular flexibility index (Phi) is 5.58. The predicted molar refractivity (Wildman–Crippen MR) is 121 cm³/mol. The fourth-order valence-electron chi connectivity index (χ4n) is 4.65. The Morgan fingerprint density at radius 1 is 1.27 bits per heavy atom. The molecule has 0 amide bonds. The topological polar surface area (TPSA) is 16.8 Å². The van der Waals surface area contributed by atoms with Gasteiger partial charge in [0.2, 0.25) is 0 Å². The second-order valence-electron chi connectivity index (χ2n) is 8.72. The van der Waals surface area contributed by atoms with Crippen LogP contribution in [0.1, 0.15) is 69.4 Å². The molecule has 2 aromatic rings. The van der Waals surface area contributed by atoms with Gasteiger partial charge in [0, 0.05) is 7.92 Å². The first-order chi connectivity index (χ1) is 15.0. The second kappa shape index (κ2) is 8.49. The van der Waals surface area contributed by atoms with Crippen molar-refractivity contribution in [3.8, 4) is 0 Å². The predicted octanol–water partition coefficient (Wildman–Crippen LogP) is 6.61. The van der Waals surface area contributed by atoms with Gasteiger partial charge in [0.15, 0.2) is 5.69 Å². The lowest BCUT2D eigenvalue weighted by Crippen LogP contribution is -2.34. The summed E-state index contributed by atoms with van der Waals surface area (Å²) in [4.78, 5) is 5.79. The summed E-state index contributed by atoms with van der Waals surface area (Å²) in [5.74, 6) is -0.0458. The molecule has 0 saturated carbocycles. The molecule has 0 fully saturated rings. The van der Waals surface area contributed by atoms with Gasteiger partial charge in [-0.05, 0) is 93.1 Å². The van der Waals surface area contributed by atoms with Crippen LogP contribution in [-0.4, -0.2) is 25.0 Å². The SMILES string of the molecule is [2H]c1c([N+]#[C-])c(C)c([2H])c2c1C(C)O[C@@]2(CC(C)CN(C)CC)c1ccc(F)c(C)c1C. The van der Waals surface area contributed by atoms with E-state index in [1.807, 2.05) is 13.8 Å². The average molecular weight is 411 g/mol. The van der Waals surface area contributed by atoms with Gasteiger partial charge in [-0.3, -0.25) is 0 Å². The second-order valence-corrected chi connectivity index (χ2v) is 8.72. The zero-order valence-corrected chi connectivity index (χ0v) is 19.1. The Morgan fingerprint density at radius 2 is 1.97 bits per heavy atom. The number of halogens is 1. The Labute approximate surface area is 183 Å². The lowest BCUT2D eigenvalue weighted by molar-refractivity contribution is -0.0562. The maximum Gasteiger partial charge on any atom is 0.190 e. The van der Waals surface area contributed by atoms with Crippen molar-refractivity contribution in [3.05, 3.63) is 74.8 Å². The zero-order chi connectivity index (χ0) is 24.0. The minimum absolute atomic E-state index is 0.146. The number of rotatable bonds is 6. The Bertz CT molecular complexity index is 1090. The largest absolute Gasteiger partial charge is 0.358 e. The van der Waals surface area contributed by atoms with Crippen LogP contribution in [0, 0.1) is 39.1 Å². The number of ether oxygens (including phenoxy) is 1. The van der Waals surface area contributed by atoms with Gasteiger partial charge in [0.25, 0.3) is 0 Å². The molecule has 0 aromatic heterocycles. The first kappa shape index (κ1) is 19.7. The van der Waals surface area contributed by atoms with Crippen LogP contribution < -0.4 is 0 Å². The molecule has 3 nitrogen and oxygen atoms in total. The molecule has 1 heterocycles. The molecular formula is C26H33FN2O. The van der Waals surface area contributed by atoms with Gasteiger partial charge in [-0.1, -0.05) is 32.0 Å². The van der Waals surface area contributed by atoms with E-state index in [1.54, 1.807) is 19.9 Å². The van der Waals surface area contributed by atoms with Crippen molar-refractivity contribution in [1.82, 2.24) is 4.90 Å². The van der Waals surface area contributed by atoms with Crippen LogP contribution >= 0.6 is 0 Å². The lowest BCUT2D eigenvalue weighted by atomic mass is 9.76. The molecule has 1 aliphatic rings. The summed E-state index contributed by atoms with van der Waals surface area (Å²) in [6, 6.07) is 3.65. The minimum Gasteiger partial charge on any atom is -0.358 e. The first-order valence-corrected chi connectivity index (χ1v) is 10.6. The standard InChI is InChI=1S/C26H33FN2O/c1-9-29(8)15-16(2)14-26(22-10-11-24(27)19(5)18(22)4)23-12-17(3)25(28-7)13-21(23)20(6)30-26/h10-13,16,20H,9,14-15H2,1-6,8H3/t16?,20?,26-/m0/s1/i12D,13D. The van der Waals surface area contributed by atoms with Crippen molar-refractivity contribution in [1.29, 1.82) is 0 Å². The molecule has 2 unspecified atom stereocenters.